The first kappa shape index (κ1) is 12.8. The first-order valence-corrected chi connectivity index (χ1v) is 6.20. The van der Waals surface area contributed by atoms with Crippen molar-refractivity contribution in [3.05, 3.63) is 58.6 Å². The third-order valence-electron chi connectivity index (χ3n) is 3.09. The molecule has 1 N–H and O–H groups in total. The Kier molecular flexibility index (Phi) is 3.03. The Morgan fingerprint density at radius 2 is 1.80 bits per heavy atom. The molecule has 1 heterocycles. The zero-order chi connectivity index (χ0) is 14.3. The van der Waals surface area contributed by atoms with Gasteiger partial charge in [0.15, 0.2) is 6.29 Å². The highest BCUT2D eigenvalue weighted by molar-refractivity contribution is 6.35. The van der Waals surface area contributed by atoms with Gasteiger partial charge in [-0.25, -0.2) is 8.78 Å². The molecule has 5 heteroatoms. The fourth-order valence-corrected chi connectivity index (χ4v) is 2.47. The molecule has 2 nitrogen and oxygen atoms in total. The SMILES string of the molecule is O=Cc1c(-c2cc(F)cc(F)c2)[nH]c2c(Cl)cccc12. The fraction of sp³-hybridized carbons (Fsp3) is 0. The lowest BCUT2D eigenvalue weighted by atomic mass is 10.1. The van der Waals surface area contributed by atoms with Crippen LogP contribution in [0.2, 0.25) is 5.02 Å². The van der Waals surface area contributed by atoms with Crippen molar-refractivity contribution in [3.8, 4) is 11.3 Å². The first-order chi connectivity index (χ1) is 9.60. The Bertz CT molecular complexity index is 806. The Hall–Kier alpha value is -2.20. The van der Waals surface area contributed by atoms with Gasteiger partial charge >= 0.3 is 0 Å². The molecule has 2 aromatic carbocycles. The lowest BCUT2D eigenvalue weighted by Gasteiger charge is -2.01. The van der Waals surface area contributed by atoms with Crippen LogP contribution in [-0.2, 0) is 0 Å². The van der Waals surface area contributed by atoms with E-state index in [0.29, 0.717) is 33.5 Å². The van der Waals surface area contributed by atoms with Gasteiger partial charge in [-0.05, 0) is 18.2 Å². The molecule has 3 rings (SSSR count). The average molecular weight is 292 g/mol. The van der Waals surface area contributed by atoms with E-state index in [1.165, 1.54) is 0 Å². The summed E-state index contributed by atoms with van der Waals surface area (Å²) in [6.45, 7) is 0. The second-order valence-corrected chi connectivity index (χ2v) is 4.76. The van der Waals surface area contributed by atoms with Gasteiger partial charge in [0, 0.05) is 22.6 Å². The monoisotopic (exact) mass is 291 g/mol. The third kappa shape index (κ3) is 1.98. The molecule has 0 saturated carbocycles. The van der Waals surface area contributed by atoms with Crippen molar-refractivity contribution in [1.29, 1.82) is 0 Å². The summed E-state index contributed by atoms with van der Waals surface area (Å²) in [6.07, 6.45) is 0.646. The number of carbonyl (C=O) groups is 1. The molecule has 0 spiro atoms. The summed E-state index contributed by atoms with van der Waals surface area (Å²) in [6, 6.07) is 8.20. The maximum absolute atomic E-state index is 13.3. The van der Waals surface area contributed by atoms with E-state index in [4.69, 9.17) is 11.6 Å². The zero-order valence-corrected chi connectivity index (χ0v) is 10.8. The number of fused-ring (bicyclic) bond motifs is 1. The Labute approximate surface area is 118 Å². The summed E-state index contributed by atoms with van der Waals surface area (Å²) >= 11 is 6.05. The molecule has 0 amide bonds. The maximum Gasteiger partial charge on any atom is 0.152 e. The van der Waals surface area contributed by atoms with Crippen LogP contribution in [0.4, 0.5) is 8.78 Å². The number of aldehydes is 1. The minimum Gasteiger partial charge on any atom is -0.353 e. The van der Waals surface area contributed by atoms with Gasteiger partial charge in [-0.2, -0.15) is 0 Å². The standard InChI is InChI=1S/C15H8ClF2NO/c16-13-3-1-2-11-12(7-20)14(19-15(11)13)8-4-9(17)6-10(18)5-8/h1-7,19H. The molecule has 0 radical (unpaired) electrons. The summed E-state index contributed by atoms with van der Waals surface area (Å²) in [5.74, 6) is -1.41. The quantitative estimate of drug-likeness (QED) is 0.689. The topological polar surface area (TPSA) is 32.9 Å². The summed E-state index contributed by atoms with van der Waals surface area (Å²) in [5, 5.41) is 1.06. The van der Waals surface area contributed by atoms with E-state index in [9.17, 15) is 13.6 Å². The van der Waals surface area contributed by atoms with Crippen molar-refractivity contribution in [3.63, 3.8) is 0 Å². The number of aromatic nitrogens is 1. The number of H-pyrrole nitrogens is 1. The van der Waals surface area contributed by atoms with E-state index in [-0.39, 0.29) is 5.56 Å². The number of benzene rings is 2. The van der Waals surface area contributed by atoms with E-state index >= 15 is 0 Å². The van der Waals surface area contributed by atoms with Crippen LogP contribution >= 0.6 is 11.6 Å². The van der Waals surface area contributed by atoms with Gasteiger partial charge in [0.1, 0.15) is 11.6 Å². The first-order valence-electron chi connectivity index (χ1n) is 5.82. The zero-order valence-electron chi connectivity index (χ0n) is 10.1. The molecular formula is C15H8ClF2NO. The molecule has 0 aliphatic carbocycles. The van der Waals surface area contributed by atoms with Gasteiger partial charge in [0.2, 0.25) is 0 Å². The molecule has 0 bridgehead atoms. The van der Waals surface area contributed by atoms with Gasteiger partial charge in [-0.1, -0.05) is 23.7 Å². The van der Waals surface area contributed by atoms with Gasteiger partial charge in [-0.15, -0.1) is 0 Å². The molecular weight excluding hydrogens is 284 g/mol. The van der Waals surface area contributed by atoms with Crippen molar-refractivity contribution < 1.29 is 13.6 Å². The summed E-state index contributed by atoms with van der Waals surface area (Å²) in [7, 11) is 0. The highest BCUT2D eigenvalue weighted by Gasteiger charge is 2.15. The normalized spacial score (nSPS) is 10.9. The van der Waals surface area contributed by atoms with E-state index in [0.717, 1.165) is 18.2 Å². The van der Waals surface area contributed by atoms with Crippen molar-refractivity contribution >= 4 is 28.8 Å². The van der Waals surface area contributed by atoms with Crippen molar-refractivity contribution in [2.24, 2.45) is 0 Å². The minimum absolute atomic E-state index is 0.261. The van der Waals surface area contributed by atoms with Crippen LogP contribution in [0.25, 0.3) is 22.2 Å². The minimum atomic E-state index is -0.707. The van der Waals surface area contributed by atoms with Crippen molar-refractivity contribution in [2.75, 3.05) is 0 Å². The maximum atomic E-state index is 13.3. The molecule has 100 valence electrons. The average Bonchev–Trinajstić information content (AvgIpc) is 2.77. The van der Waals surface area contributed by atoms with Crippen LogP contribution in [-0.4, -0.2) is 11.3 Å². The number of hydrogen-bond acceptors (Lipinski definition) is 1. The number of nitrogens with one attached hydrogen (secondary N) is 1. The third-order valence-corrected chi connectivity index (χ3v) is 3.41. The molecule has 0 saturated heterocycles. The molecule has 0 aliphatic heterocycles. The van der Waals surface area contributed by atoms with Crippen LogP contribution in [0, 0.1) is 11.6 Å². The number of hydrogen-bond donors (Lipinski definition) is 1. The van der Waals surface area contributed by atoms with Crippen molar-refractivity contribution in [1.82, 2.24) is 4.98 Å². The number of rotatable bonds is 2. The van der Waals surface area contributed by atoms with Crippen LogP contribution in [0.3, 0.4) is 0 Å². The predicted octanol–water partition coefficient (Wildman–Crippen LogP) is 4.58. The van der Waals surface area contributed by atoms with E-state index < -0.39 is 11.6 Å². The Balaban J connectivity index is 2.36. The molecule has 0 aliphatic rings. The van der Waals surface area contributed by atoms with Gasteiger partial charge in [0.25, 0.3) is 0 Å². The molecule has 1 aromatic heterocycles. The van der Waals surface area contributed by atoms with Crippen LogP contribution in [0.1, 0.15) is 10.4 Å². The molecule has 3 aromatic rings. The number of carbonyl (C=O) groups excluding carboxylic acids is 1. The van der Waals surface area contributed by atoms with E-state index in [1.54, 1.807) is 18.2 Å². The van der Waals surface area contributed by atoms with Crippen LogP contribution in [0.15, 0.2) is 36.4 Å². The van der Waals surface area contributed by atoms with Gasteiger partial charge in [0.05, 0.1) is 16.2 Å². The highest BCUT2D eigenvalue weighted by atomic mass is 35.5. The summed E-state index contributed by atoms with van der Waals surface area (Å²) in [5.41, 5.74) is 1.50. The lowest BCUT2D eigenvalue weighted by Crippen LogP contribution is -1.88. The van der Waals surface area contributed by atoms with Gasteiger partial charge < -0.3 is 4.98 Å². The summed E-state index contributed by atoms with van der Waals surface area (Å²) < 4.78 is 26.6. The Morgan fingerprint density at radius 3 is 2.45 bits per heavy atom. The molecule has 20 heavy (non-hydrogen) atoms. The van der Waals surface area contributed by atoms with E-state index in [2.05, 4.69) is 4.98 Å². The second kappa shape index (κ2) is 4.72. The van der Waals surface area contributed by atoms with Gasteiger partial charge in [-0.3, -0.25) is 4.79 Å². The fourth-order valence-electron chi connectivity index (χ4n) is 2.25. The Morgan fingerprint density at radius 1 is 1.10 bits per heavy atom. The molecule has 0 unspecified atom stereocenters. The number of aromatic amines is 1. The number of para-hydroxylation sites is 1. The number of halogens is 3. The molecule has 0 atom stereocenters. The van der Waals surface area contributed by atoms with Crippen LogP contribution < -0.4 is 0 Å². The van der Waals surface area contributed by atoms with Crippen molar-refractivity contribution in [2.45, 2.75) is 0 Å². The van der Waals surface area contributed by atoms with E-state index in [1.807, 2.05) is 0 Å². The lowest BCUT2D eigenvalue weighted by molar-refractivity contribution is 0.112. The molecule has 0 fully saturated rings. The smallest absolute Gasteiger partial charge is 0.152 e. The predicted molar refractivity (Wildman–Crippen MR) is 74.0 cm³/mol. The second-order valence-electron chi connectivity index (χ2n) is 4.35. The largest absolute Gasteiger partial charge is 0.353 e. The summed E-state index contributed by atoms with van der Waals surface area (Å²) in [4.78, 5) is 14.3. The highest BCUT2D eigenvalue weighted by Crippen LogP contribution is 2.33. The van der Waals surface area contributed by atoms with Crippen LogP contribution in [0.5, 0.6) is 0 Å².